The van der Waals surface area contributed by atoms with Crippen LogP contribution in [0.2, 0.25) is 0 Å². The molecule has 5 nitrogen and oxygen atoms in total. The number of nitrogens with one attached hydrogen (secondary N) is 1. The first-order valence-corrected chi connectivity index (χ1v) is 5.34. The standard InChI is InChI=1S/C11H18N2O3/c1-3-4-12-11(15)6-13-5-10(7-14)16-8-9(13)2/h1,9-10,14H,4-8H2,2H3,(H,12,15). The molecule has 0 aromatic rings. The lowest BCUT2D eigenvalue weighted by molar-refractivity contribution is -0.127. The predicted octanol–water partition coefficient (Wildman–Crippen LogP) is -1.18. The third-order valence-electron chi connectivity index (χ3n) is 2.57. The average Bonchev–Trinajstić information content (AvgIpc) is 2.29. The highest BCUT2D eigenvalue weighted by Gasteiger charge is 2.26. The van der Waals surface area contributed by atoms with Crippen LogP contribution in [-0.2, 0) is 9.53 Å². The van der Waals surface area contributed by atoms with Gasteiger partial charge in [-0.25, -0.2) is 0 Å². The number of amides is 1. The Bertz CT molecular complexity index is 275. The number of aliphatic hydroxyl groups is 1. The first-order valence-electron chi connectivity index (χ1n) is 5.34. The van der Waals surface area contributed by atoms with Crippen molar-refractivity contribution in [1.29, 1.82) is 0 Å². The first kappa shape index (κ1) is 13.0. The van der Waals surface area contributed by atoms with E-state index in [1.165, 1.54) is 0 Å². The van der Waals surface area contributed by atoms with Crippen LogP contribution in [0.15, 0.2) is 0 Å². The fourth-order valence-corrected chi connectivity index (χ4v) is 1.60. The van der Waals surface area contributed by atoms with Gasteiger partial charge in [0.15, 0.2) is 0 Å². The van der Waals surface area contributed by atoms with E-state index in [1.807, 2.05) is 11.8 Å². The van der Waals surface area contributed by atoms with E-state index in [1.54, 1.807) is 0 Å². The second-order valence-corrected chi connectivity index (χ2v) is 3.90. The summed E-state index contributed by atoms with van der Waals surface area (Å²) in [7, 11) is 0. The minimum Gasteiger partial charge on any atom is -0.394 e. The topological polar surface area (TPSA) is 61.8 Å². The number of terminal acetylenes is 1. The molecule has 0 aromatic heterocycles. The molecule has 1 heterocycles. The van der Waals surface area contributed by atoms with E-state index in [9.17, 15) is 4.79 Å². The van der Waals surface area contributed by atoms with Crippen LogP contribution in [0.1, 0.15) is 6.92 Å². The number of ether oxygens (including phenoxy) is 1. The van der Waals surface area contributed by atoms with E-state index in [0.29, 0.717) is 19.7 Å². The maximum absolute atomic E-state index is 11.5. The highest BCUT2D eigenvalue weighted by atomic mass is 16.5. The van der Waals surface area contributed by atoms with Crippen molar-refractivity contribution in [2.75, 3.05) is 32.8 Å². The molecule has 0 spiro atoms. The van der Waals surface area contributed by atoms with Crippen LogP contribution >= 0.6 is 0 Å². The quantitative estimate of drug-likeness (QED) is 0.592. The Balaban J connectivity index is 2.39. The van der Waals surface area contributed by atoms with E-state index in [2.05, 4.69) is 11.2 Å². The molecule has 1 aliphatic rings. The summed E-state index contributed by atoms with van der Waals surface area (Å²) in [5.74, 6) is 2.26. The summed E-state index contributed by atoms with van der Waals surface area (Å²) in [5, 5.41) is 11.6. The van der Waals surface area contributed by atoms with Gasteiger partial charge in [0.2, 0.25) is 5.91 Å². The Morgan fingerprint density at radius 2 is 2.50 bits per heavy atom. The normalized spacial score (nSPS) is 26.1. The number of carbonyl (C=O) groups excluding carboxylic acids is 1. The molecular weight excluding hydrogens is 208 g/mol. The van der Waals surface area contributed by atoms with Gasteiger partial charge in [-0.05, 0) is 6.92 Å². The monoisotopic (exact) mass is 226 g/mol. The largest absolute Gasteiger partial charge is 0.394 e. The number of carbonyl (C=O) groups is 1. The van der Waals surface area contributed by atoms with Gasteiger partial charge in [0.25, 0.3) is 0 Å². The van der Waals surface area contributed by atoms with Crippen molar-refractivity contribution in [3.63, 3.8) is 0 Å². The molecule has 0 aromatic carbocycles. The number of hydrogen-bond acceptors (Lipinski definition) is 4. The third-order valence-corrected chi connectivity index (χ3v) is 2.57. The summed E-state index contributed by atoms with van der Waals surface area (Å²) < 4.78 is 5.38. The highest BCUT2D eigenvalue weighted by Crippen LogP contribution is 2.10. The van der Waals surface area contributed by atoms with E-state index >= 15 is 0 Å². The van der Waals surface area contributed by atoms with E-state index < -0.39 is 0 Å². The molecule has 0 saturated carbocycles. The molecule has 1 rings (SSSR count). The van der Waals surface area contributed by atoms with Gasteiger partial charge in [-0.1, -0.05) is 5.92 Å². The lowest BCUT2D eigenvalue weighted by atomic mass is 10.2. The van der Waals surface area contributed by atoms with Crippen LogP contribution < -0.4 is 5.32 Å². The van der Waals surface area contributed by atoms with Crippen LogP contribution in [0.4, 0.5) is 0 Å². The molecule has 1 saturated heterocycles. The third kappa shape index (κ3) is 3.81. The molecule has 0 bridgehead atoms. The molecule has 1 aliphatic heterocycles. The van der Waals surface area contributed by atoms with Crippen LogP contribution in [-0.4, -0.2) is 60.9 Å². The van der Waals surface area contributed by atoms with Crippen molar-refractivity contribution in [1.82, 2.24) is 10.2 Å². The minimum absolute atomic E-state index is 0.0187. The molecule has 5 heteroatoms. The molecule has 2 N–H and O–H groups in total. The Morgan fingerprint density at radius 1 is 1.75 bits per heavy atom. The summed E-state index contributed by atoms with van der Waals surface area (Å²) in [6.45, 7) is 3.62. The molecule has 90 valence electrons. The Labute approximate surface area is 95.8 Å². The van der Waals surface area contributed by atoms with Gasteiger partial charge in [-0.2, -0.15) is 0 Å². The average molecular weight is 226 g/mol. The van der Waals surface area contributed by atoms with Crippen molar-refractivity contribution in [2.24, 2.45) is 0 Å². The van der Waals surface area contributed by atoms with Gasteiger partial charge in [-0.15, -0.1) is 6.42 Å². The molecule has 2 unspecified atom stereocenters. The zero-order chi connectivity index (χ0) is 12.0. The van der Waals surface area contributed by atoms with Gasteiger partial charge < -0.3 is 15.2 Å². The van der Waals surface area contributed by atoms with Gasteiger partial charge in [0, 0.05) is 12.6 Å². The lowest BCUT2D eigenvalue weighted by Crippen LogP contribution is -2.52. The second kappa shape index (κ2) is 6.48. The zero-order valence-electron chi connectivity index (χ0n) is 9.48. The Kier molecular flexibility index (Phi) is 5.26. The molecule has 2 atom stereocenters. The zero-order valence-corrected chi connectivity index (χ0v) is 9.48. The van der Waals surface area contributed by atoms with Crippen molar-refractivity contribution >= 4 is 5.91 Å². The molecule has 0 radical (unpaired) electrons. The lowest BCUT2D eigenvalue weighted by Gasteiger charge is -2.36. The van der Waals surface area contributed by atoms with Crippen LogP contribution in [0.25, 0.3) is 0 Å². The smallest absolute Gasteiger partial charge is 0.234 e. The molecule has 1 amide bonds. The maximum Gasteiger partial charge on any atom is 0.234 e. The first-order chi connectivity index (χ1) is 7.67. The molecule has 1 fully saturated rings. The van der Waals surface area contributed by atoms with E-state index in [0.717, 1.165) is 0 Å². The Hall–Kier alpha value is -1.09. The summed E-state index contributed by atoms with van der Waals surface area (Å²) in [5.41, 5.74) is 0. The summed E-state index contributed by atoms with van der Waals surface area (Å²) in [6, 6.07) is 0.180. The fourth-order valence-electron chi connectivity index (χ4n) is 1.60. The number of rotatable bonds is 4. The van der Waals surface area contributed by atoms with Crippen molar-refractivity contribution in [3.05, 3.63) is 0 Å². The molecular formula is C11H18N2O3. The SMILES string of the molecule is C#CCNC(=O)CN1CC(CO)OCC1C. The van der Waals surface area contributed by atoms with Crippen molar-refractivity contribution in [3.8, 4) is 12.3 Å². The van der Waals surface area contributed by atoms with Crippen molar-refractivity contribution in [2.45, 2.75) is 19.1 Å². The van der Waals surface area contributed by atoms with Crippen LogP contribution in [0.5, 0.6) is 0 Å². The highest BCUT2D eigenvalue weighted by molar-refractivity contribution is 5.78. The van der Waals surface area contributed by atoms with Crippen LogP contribution in [0, 0.1) is 12.3 Å². The molecule has 16 heavy (non-hydrogen) atoms. The van der Waals surface area contributed by atoms with Gasteiger partial charge in [-0.3, -0.25) is 9.69 Å². The summed E-state index contributed by atoms with van der Waals surface area (Å²) >= 11 is 0. The van der Waals surface area contributed by atoms with Gasteiger partial charge in [0.05, 0.1) is 32.4 Å². The van der Waals surface area contributed by atoms with Gasteiger partial charge >= 0.3 is 0 Å². The van der Waals surface area contributed by atoms with E-state index in [4.69, 9.17) is 16.3 Å². The minimum atomic E-state index is -0.198. The fraction of sp³-hybridized carbons (Fsp3) is 0.727. The van der Waals surface area contributed by atoms with Crippen LogP contribution in [0.3, 0.4) is 0 Å². The second-order valence-electron chi connectivity index (χ2n) is 3.90. The summed E-state index contributed by atoms with van der Waals surface area (Å²) in [4.78, 5) is 13.4. The van der Waals surface area contributed by atoms with Gasteiger partial charge in [0.1, 0.15) is 0 Å². The maximum atomic E-state index is 11.5. The number of nitrogens with zero attached hydrogens (tertiary/aromatic N) is 1. The Morgan fingerprint density at radius 3 is 3.12 bits per heavy atom. The molecule has 0 aliphatic carbocycles. The predicted molar refractivity (Wildman–Crippen MR) is 59.7 cm³/mol. The number of aliphatic hydroxyl groups excluding tert-OH is 1. The summed E-state index contributed by atoms with van der Waals surface area (Å²) in [6.07, 6.45) is 4.85. The number of hydrogen-bond donors (Lipinski definition) is 2. The van der Waals surface area contributed by atoms with E-state index in [-0.39, 0.29) is 31.2 Å². The number of morpholine rings is 1. The van der Waals surface area contributed by atoms with Crippen molar-refractivity contribution < 1.29 is 14.6 Å².